The van der Waals surface area contributed by atoms with Gasteiger partial charge in [-0.25, -0.2) is 4.98 Å². The summed E-state index contributed by atoms with van der Waals surface area (Å²) in [7, 11) is 0. The lowest BCUT2D eigenvalue weighted by Crippen LogP contribution is -2.42. The summed E-state index contributed by atoms with van der Waals surface area (Å²) in [5, 5.41) is 6.31. The molecule has 0 bridgehead atoms. The molecule has 0 saturated carbocycles. The van der Waals surface area contributed by atoms with Gasteiger partial charge in [0.1, 0.15) is 23.8 Å². The molecule has 168 valence electrons. The molecule has 1 aliphatic rings. The molecule has 11 heteroatoms. The van der Waals surface area contributed by atoms with E-state index in [0.717, 1.165) is 29.5 Å². The van der Waals surface area contributed by atoms with Crippen LogP contribution in [-0.4, -0.2) is 48.3 Å². The molecule has 32 heavy (non-hydrogen) atoms. The van der Waals surface area contributed by atoms with Gasteiger partial charge < -0.3 is 18.9 Å². The van der Waals surface area contributed by atoms with Crippen molar-refractivity contribution in [3.8, 4) is 5.75 Å². The molecular weight excluding hydrogens is 434 g/mol. The average molecular weight is 458 g/mol. The van der Waals surface area contributed by atoms with Crippen LogP contribution in [0.1, 0.15) is 37.9 Å². The third-order valence-corrected chi connectivity index (χ3v) is 5.88. The van der Waals surface area contributed by atoms with E-state index in [1.165, 1.54) is 11.3 Å². The Labute approximate surface area is 188 Å². The smallest absolute Gasteiger partial charge is 0.289 e. The maximum atomic E-state index is 12.7. The molecule has 10 nitrogen and oxygen atoms in total. The zero-order valence-electron chi connectivity index (χ0n) is 17.7. The molecule has 1 aromatic carbocycles. The quantitative estimate of drug-likeness (QED) is 0.541. The van der Waals surface area contributed by atoms with Crippen molar-refractivity contribution in [3.63, 3.8) is 0 Å². The second-order valence-corrected chi connectivity index (χ2v) is 7.95. The largest absolute Gasteiger partial charge is 0.488 e. The summed E-state index contributed by atoms with van der Waals surface area (Å²) in [5.74, 6) is 0.0403. The summed E-state index contributed by atoms with van der Waals surface area (Å²) in [6.07, 6.45) is 0. The number of thiazole rings is 1. The Kier molecular flexibility index (Phi) is 6.66. The highest BCUT2D eigenvalue weighted by Crippen LogP contribution is 2.22. The van der Waals surface area contributed by atoms with E-state index < -0.39 is 11.8 Å². The molecule has 0 aliphatic carbocycles. The summed E-state index contributed by atoms with van der Waals surface area (Å²) in [6.45, 7) is 6.57. The minimum absolute atomic E-state index is 0.209. The first-order valence-corrected chi connectivity index (χ1v) is 10.9. The highest BCUT2D eigenvalue weighted by molar-refractivity contribution is 7.13. The molecule has 0 spiro atoms. The number of amides is 2. The number of aryl methyl sites for hydroxylation is 2. The van der Waals surface area contributed by atoms with Crippen LogP contribution >= 0.6 is 11.3 Å². The molecule has 2 amide bonds. The molecule has 3 aromatic rings. The maximum absolute atomic E-state index is 12.7. The molecule has 1 fully saturated rings. The van der Waals surface area contributed by atoms with Crippen LogP contribution in [0.25, 0.3) is 0 Å². The van der Waals surface area contributed by atoms with E-state index >= 15 is 0 Å². The first kappa shape index (κ1) is 21.8. The summed E-state index contributed by atoms with van der Waals surface area (Å²) < 4.78 is 16.3. The van der Waals surface area contributed by atoms with Crippen molar-refractivity contribution < 1.29 is 23.6 Å². The standard InChI is InChI=1S/C21H23N5O5S/c1-13-16(14(2)31-25-13)11-30-18-6-4-3-5-15(18)19(27)23-24-20(28)17-12-32-21(22-17)26-7-9-29-10-8-26/h3-6,12H,7-11H2,1-2H3,(H,23,27)(H,24,28). The number of carbonyl (C=O) groups is 2. The van der Waals surface area contributed by atoms with E-state index in [9.17, 15) is 9.59 Å². The van der Waals surface area contributed by atoms with Crippen molar-refractivity contribution in [1.82, 2.24) is 21.0 Å². The van der Waals surface area contributed by atoms with Crippen LogP contribution < -0.4 is 20.5 Å². The van der Waals surface area contributed by atoms with E-state index in [-0.39, 0.29) is 17.9 Å². The van der Waals surface area contributed by atoms with Gasteiger partial charge in [-0.15, -0.1) is 11.3 Å². The fourth-order valence-corrected chi connectivity index (χ4v) is 4.01. The highest BCUT2D eigenvalue weighted by atomic mass is 32.1. The van der Waals surface area contributed by atoms with E-state index in [1.807, 2.05) is 6.92 Å². The Morgan fingerprint density at radius 1 is 1.16 bits per heavy atom. The van der Waals surface area contributed by atoms with E-state index in [2.05, 4.69) is 25.9 Å². The molecule has 1 saturated heterocycles. The number of morpholine rings is 1. The van der Waals surface area contributed by atoms with Crippen LogP contribution in [0.3, 0.4) is 0 Å². The number of nitrogens with zero attached hydrogens (tertiary/aromatic N) is 3. The van der Waals surface area contributed by atoms with E-state index in [1.54, 1.807) is 36.6 Å². The van der Waals surface area contributed by atoms with Gasteiger partial charge in [0.15, 0.2) is 5.13 Å². The lowest BCUT2D eigenvalue weighted by molar-refractivity contribution is 0.0841. The fraction of sp³-hybridized carbons (Fsp3) is 0.333. The summed E-state index contributed by atoms with van der Waals surface area (Å²) in [4.78, 5) is 31.5. The van der Waals surface area contributed by atoms with Gasteiger partial charge in [0.2, 0.25) is 0 Å². The summed E-state index contributed by atoms with van der Waals surface area (Å²) in [5.41, 5.74) is 6.91. The number of carbonyl (C=O) groups excluding carboxylic acids is 2. The van der Waals surface area contributed by atoms with Crippen LogP contribution in [0.15, 0.2) is 34.2 Å². The molecule has 0 atom stereocenters. The van der Waals surface area contributed by atoms with Crippen LogP contribution in [0, 0.1) is 13.8 Å². The van der Waals surface area contributed by atoms with Gasteiger partial charge in [-0.1, -0.05) is 17.3 Å². The van der Waals surface area contributed by atoms with E-state index in [4.69, 9.17) is 14.0 Å². The molecule has 0 unspecified atom stereocenters. The number of hydrazine groups is 1. The number of ether oxygens (including phenoxy) is 2. The predicted octanol–water partition coefficient (Wildman–Crippen LogP) is 2.24. The van der Waals surface area contributed by atoms with Gasteiger partial charge in [-0.3, -0.25) is 20.4 Å². The number of hydrogen-bond donors (Lipinski definition) is 2. The second-order valence-electron chi connectivity index (χ2n) is 7.11. The zero-order chi connectivity index (χ0) is 22.5. The monoisotopic (exact) mass is 457 g/mol. The van der Waals surface area contributed by atoms with Gasteiger partial charge in [0.25, 0.3) is 11.8 Å². The Morgan fingerprint density at radius 2 is 1.91 bits per heavy atom. The normalized spacial score (nSPS) is 13.6. The number of aromatic nitrogens is 2. The SMILES string of the molecule is Cc1noc(C)c1COc1ccccc1C(=O)NNC(=O)c1csc(N2CCOCC2)n1. The second kappa shape index (κ2) is 9.79. The van der Waals surface area contributed by atoms with Gasteiger partial charge >= 0.3 is 0 Å². The molecule has 2 N–H and O–H groups in total. The van der Waals surface area contributed by atoms with E-state index in [0.29, 0.717) is 24.7 Å². The number of hydrogen-bond acceptors (Lipinski definition) is 9. The van der Waals surface area contributed by atoms with Crippen molar-refractivity contribution in [2.75, 3.05) is 31.2 Å². The lowest BCUT2D eigenvalue weighted by Gasteiger charge is -2.25. The molecular formula is C21H23N5O5S. The first-order chi connectivity index (χ1) is 15.5. The predicted molar refractivity (Wildman–Crippen MR) is 117 cm³/mol. The minimum atomic E-state index is -0.503. The van der Waals surface area contributed by atoms with Gasteiger partial charge in [-0.2, -0.15) is 0 Å². The third-order valence-electron chi connectivity index (χ3n) is 4.98. The summed E-state index contributed by atoms with van der Waals surface area (Å²) in [6, 6.07) is 6.78. The molecule has 1 aliphatic heterocycles. The number of rotatable bonds is 6. The Hall–Kier alpha value is -3.44. The van der Waals surface area contributed by atoms with Crippen molar-refractivity contribution >= 4 is 28.3 Å². The van der Waals surface area contributed by atoms with Crippen molar-refractivity contribution in [2.24, 2.45) is 0 Å². The number of para-hydroxylation sites is 1. The van der Waals surface area contributed by atoms with Gasteiger partial charge in [-0.05, 0) is 26.0 Å². The molecule has 4 rings (SSSR count). The van der Waals surface area contributed by atoms with Crippen LogP contribution in [0.5, 0.6) is 5.75 Å². The maximum Gasteiger partial charge on any atom is 0.289 e. The molecule has 3 heterocycles. The van der Waals surface area contributed by atoms with Crippen LogP contribution in [0.2, 0.25) is 0 Å². The molecule has 2 aromatic heterocycles. The molecule has 0 radical (unpaired) electrons. The Bertz CT molecular complexity index is 1090. The Balaban J connectivity index is 1.36. The van der Waals surface area contributed by atoms with Crippen molar-refractivity contribution in [2.45, 2.75) is 20.5 Å². The number of benzene rings is 1. The van der Waals surface area contributed by atoms with Gasteiger partial charge in [0.05, 0.1) is 30.0 Å². The van der Waals surface area contributed by atoms with Crippen molar-refractivity contribution in [1.29, 1.82) is 0 Å². The summed E-state index contributed by atoms with van der Waals surface area (Å²) >= 11 is 1.38. The topological polar surface area (TPSA) is 119 Å². The van der Waals surface area contributed by atoms with Crippen LogP contribution in [0.4, 0.5) is 5.13 Å². The van der Waals surface area contributed by atoms with Crippen molar-refractivity contribution in [3.05, 3.63) is 57.9 Å². The number of anilines is 1. The fourth-order valence-electron chi connectivity index (χ4n) is 3.15. The lowest BCUT2D eigenvalue weighted by atomic mass is 10.2. The zero-order valence-corrected chi connectivity index (χ0v) is 18.5. The first-order valence-electron chi connectivity index (χ1n) is 10.1. The minimum Gasteiger partial charge on any atom is -0.488 e. The average Bonchev–Trinajstić information content (AvgIpc) is 3.44. The number of nitrogens with one attached hydrogen (secondary N) is 2. The van der Waals surface area contributed by atoms with Gasteiger partial charge in [0, 0.05) is 18.5 Å². The van der Waals surface area contributed by atoms with Crippen LogP contribution in [-0.2, 0) is 11.3 Å². The third kappa shape index (κ3) is 4.89. The Morgan fingerprint density at radius 3 is 2.66 bits per heavy atom. The highest BCUT2D eigenvalue weighted by Gasteiger charge is 2.19.